The van der Waals surface area contributed by atoms with Crippen LogP contribution < -0.4 is 11.2 Å². The largest absolute Gasteiger partial charge is 0.389 e. The molecule has 1 aliphatic rings. The number of alkyl halides is 1. The zero-order valence-electron chi connectivity index (χ0n) is 20.1. The van der Waals surface area contributed by atoms with Crippen LogP contribution in [0.4, 0.5) is 0 Å². The monoisotopic (exact) mass is 562 g/mol. The van der Waals surface area contributed by atoms with Crippen molar-refractivity contribution in [2.45, 2.75) is 41.7 Å². The molecule has 190 valence electrons. The fraction of sp³-hybridized carbons (Fsp3) is 0.241. The highest BCUT2D eigenvalue weighted by Crippen LogP contribution is 2.47. The van der Waals surface area contributed by atoms with Gasteiger partial charge in [0, 0.05) is 11.8 Å². The minimum atomic E-state index is -1.26. The standard InChI is InChI=1S/C29H27BrN2O5/c1-18-17-32(28(36)31-26(18)35)27-22(30)23(33)24(37-27)25(34)29(19-11-5-2-6-12-19,20-13-7-3-8-14-20)21-15-9-4-10-16-21/h2-17,22-25,27,33-34H,1H3,(H,31,35,36)/t22?,23-,24-,25?,27+/m0/s1. The highest BCUT2D eigenvalue weighted by molar-refractivity contribution is 9.09. The number of benzene rings is 3. The summed E-state index contributed by atoms with van der Waals surface area (Å²) in [5, 5.41) is 23.6. The van der Waals surface area contributed by atoms with E-state index < -0.39 is 46.0 Å². The first-order valence-corrected chi connectivity index (χ1v) is 12.9. The zero-order valence-corrected chi connectivity index (χ0v) is 21.7. The van der Waals surface area contributed by atoms with Crippen molar-refractivity contribution in [3.05, 3.63) is 140 Å². The first kappa shape index (κ1) is 25.4. The van der Waals surface area contributed by atoms with Crippen LogP contribution >= 0.6 is 15.9 Å². The first-order valence-electron chi connectivity index (χ1n) is 12.0. The second-order valence-corrected chi connectivity index (χ2v) is 10.3. The van der Waals surface area contributed by atoms with Crippen LogP contribution in [0.5, 0.6) is 0 Å². The molecule has 0 saturated carbocycles. The lowest BCUT2D eigenvalue weighted by atomic mass is 9.64. The van der Waals surface area contributed by atoms with E-state index in [1.54, 1.807) is 6.92 Å². The summed E-state index contributed by atoms with van der Waals surface area (Å²) in [5.41, 5.74) is 0.537. The van der Waals surface area contributed by atoms with E-state index in [9.17, 15) is 19.8 Å². The molecule has 8 heteroatoms. The molecule has 4 aromatic rings. The molecule has 2 unspecified atom stereocenters. The number of rotatable bonds is 6. The molecule has 37 heavy (non-hydrogen) atoms. The molecule has 1 aromatic heterocycles. The van der Waals surface area contributed by atoms with E-state index in [2.05, 4.69) is 20.9 Å². The summed E-state index contributed by atoms with van der Waals surface area (Å²) < 4.78 is 7.51. The zero-order chi connectivity index (χ0) is 26.2. The SMILES string of the molecule is Cc1cn([C@@H]2O[C@H](C(O)C(c3ccccc3)(c3ccccc3)c3ccccc3)[C@@H](O)C2Br)c(=O)[nH]c1=O. The fourth-order valence-corrected chi connectivity index (χ4v) is 5.96. The van der Waals surface area contributed by atoms with Gasteiger partial charge in [0.15, 0.2) is 6.23 Å². The maximum atomic E-state index is 12.6. The lowest BCUT2D eigenvalue weighted by Gasteiger charge is -2.42. The topological polar surface area (TPSA) is 105 Å². The van der Waals surface area contributed by atoms with Crippen LogP contribution in [0, 0.1) is 6.92 Å². The number of halogens is 1. The molecule has 2 heterocycles. The molecular weight excluding hydrogens is 536 g/mol. The van der Waals surface area contributed by atoms with Crippen molar-refractivity contribution < 1.29 is 14.9 Å². The fourth-order valence-electron chi connectivity index (χ4n) is 5.28. The number of aliphatic hydroxyl groups is 2. The number of nitrogens with one attached hydrogen (secondary N) is 1. The minimum absolute atomic E-state index is 0.327. The molecule has 5 rings (SSSR count). The van der Waals surface area contributed by atoms with Gasteiger partial charge < -0.3 is 14.9 Å². The number of aromatic amines is 1. The van der Waals surface area contributed by atoms with Crippen molar-refractivity contribution in [3.8, 4) is 0 Å². The highest BCUT2D eigenvalue weighted by Gasteiger charge is 2.55. The van der Waals surface area contributed by atoms with E-state index in [0.29, 0.717) is 5.56 Å². The number of aliphatic hydroxyl groups excluding tert-OH is 2. The van der Waals surface area contributed by atoms with Gasteiger partial charge in [-0.05, 0) is 23.6 Å². The highest BCUT2D eigenvalue weighted by atomic mass is 79.9. The normalized spacial score (nSPS) is 22.6. The molecular formula is C29H27BrN2O5. The number of ether oxygens (including phenoxy) is 1. The summed E-state index contributed by atoms with van der Waals surface area (Å²) in [6, 6.07) is 28.9. The Kier molecular flexibility index (Phi) is 7.00. The van der Waals surface area contributed by atoms with Gasteiger partial charge in [0.2, 0.25) is 0 Å². The number of nitrogens with zero attached hydrogens (tertiary/aromatic N) is 1. The maximum Gasteiger partial charge on any atom is 0.330 e. The third-order valence-electron chi connectivity index (χ3n) is 7.09. The van der Waals surface area contributed by atoms with E-state index >= 15 is 0 Å². The molecule has 1 saturated heterocycles. The summed E-state index contributed by atoms with van der Waals surface area (Å²) >= 11 is 3.49. The number of hydrogen-bond donors (Lipinski definition) is 3. The van der Waals surface area contributed by atoms with Crippen LogP contribution in [0.2, 0.25) is 0 Å². The number of H-pyrrole nitrogens is 1. The molecule has 1 fully saturated rings. The molecule has 3 aromatic carbocycles. The van der Waals surface area contributed by atoms with Crippen molar-refractivity contribution in [1.82, 2.24) is 9.55 Å². The Balaban J connectivity index is 1.68. The molecule has 3 N–H and O–H groups in total. The molecule has 0 aliphatic carbocycles. The number of aryl methyl sites for hydroxylation is 1. The Hall–Kier alpha value is -3.30. The molecule has 0 bridgehead atoms. The van der Waals surface area contributed by atoms with Crippen LogP contribution in [0.15, 0.2) is 107 Å². The Labute approximate surface area is 222 Å². The summed E-state index contributed by atoms with van der Waals surface area (Å²) in [4.78, 5) is 26.1. The summed E-state index contributed by atoms with van der Waals surface area (Å²) in [6.07, 6.45) is -3.08. The predicted molar refractivity (Wildman–Crippen MR) is 144 cm³/mol. The van der Waals surface area contributed by atoms with E-state index in [0.717, 1.165) is 16.7 Å². The van der Waals surface area contributed by atoms with Gasteiger partial charge in [0.05, 0.1) is 16.3 Å². The second-order valence-electron chi connectivity index (χ2n) is 9.26. The van der Waals surface area contributed by atoms with Crippen LogP contribution in [0.1, 0.15) is 28.5 Å². The van der Waals surface area contributed by atoms with Crippen LogP contribution in [-0.4, -0.2) is 42.9 Å². The first-order chi connectivity index (χ1) is 17.9. The van der Waals surface area contributed by atoms with Crippen molar-refractivity contribution in [2.75, 3.05) is 0 Å². The molecule has 1 aliphatic heterocycles. The minimum Gasteiger partial charge on any atom is -0.389 e. The van der Waals surface area contributed by atoms with Crippen LogP contribution in [0.25, 0.3) is 0 Å². The van der Waals surface area contributed by atoms with Gasteiger partial charge in [0.25, 0.3) is 5.56 Å². The average molecular weight is 563 g/mol. The van der Waals surface area contributed by atoms with E-state index in [1.165, 1.54) is 10.8 Å². The molecule has 5 atom stereocenters. The van der Waals surface area contributed by atoms with Crippen molar-refractivity contribution in [3.63, 3.8) is 0 Å². The Bertz CT molecular complexity index is 1380. The lowest BCUT2D eigenvalue weighted by molar-refractivity contribution is -0.0976. The van der Waals surface area contributed by atoms with Gasteiger partial charge in [-0.3, -0.25) is 14.3 Å². The van der Waals surface area contributed by atoms with Gasteiger partial charge >= 0.3 is 5.69 Å². The van der Waals surface area contributed by atoms with Gasteiger partial charge in [-0.1, -0.05) is 107 Å². The Morgan fingerprint density at radius 3 is 1.81 bits per heavy atom. The molecule has 0 radical (unpaired) electrons. The third-order valence-corrected chi connectivity index (χ3v) is 8.09. The van der Waals surface area contributed by atoms with Gasteiger partial charge in [-0.25, -0.2) is 4.79 Å². The van der Waals surface area contributed by atoms with E-state index in [4.69, 9.17) is 4.74 Å². The van der Waals surface area contributed by atoms with Crippen molar-refractivity contribution in [1.29, 1.82) is 0 Å². The lowest BCUT2D eigenvalue weighted by Crippen LogP contribution is -2.52. The smallest absolute Gasteiger partial charge is 0.330 e. The van der Waals surface area contributed by atoms with Crippen LogP contribution in [-0.2, 0) is 10.2 Å². The van der Waals surface area contributed by atoms with Crippen molar-refractivity contribution >= 4 is 15.9 Å². The maximum absolute atomic E-state index is 12.6. The summed E-state index contributed by atoms with van der Waals surface area (Å²) in [6.45, 7) is 1.58. The average Bonchev–Trinajstić information content (AvgIpc) is 3.22. The summed E-state index contributed by atoms with van der Waals surface area (Å²) in [7, 11) is 0. The van der Waals surface area contributed by atoms with Crippen LogP contribution in [0.3, 0.4) is 0 Å². The number of hydrogen-bond acceptors (Lipinski definition) is 5. The van der Waals surface area contributed by atoms with Gasteiger partial charge in [-0.2, -0.15) is 0 Å². The molecule has 0 spiro atoms. The molecule has 0 amide bonds. The Morgan fingerprint density at radius 2 is 1.35 bits per heavy atom. The predicted octanol–water partition coefficient (Wildman–Crippen LogP) is 3.26. The second kappa shape index (κ2) is 10.2. The number of aromatic nitrogens is 2. The third kappa shape index (κ3) is 4.30. The summed E-state index contributed by atoms with van der Waals surface area (Å²) in [5.74, 6) is 0. The van der Waals surface area contributed by atoms with E-state index in [1.807, 2.05) is 91.0 Å². The quantitative estimate of drug-likeness (QED) is 0.247. The van der Waals surface area contributed by atoms with Gasteiger partial charge in [0.1, 0.15) is 12.2 Å². The molecule has 7 nitrogen and oxygen atoms in total. The van der Waals surface area contributed by atoms with Crippen molar-refractivity contribution in [2.24, 2.45) is 0 Å². The van der Waals surface area contributed by atoms with Gasteiger partial charge in [-0.15, -0.1) is 0 Å². The van der Waals surface area contributed by atoms with E-state index in [-0.39, 0.29) is 0 Å². The Morgan fingerprint density at radius 1 is 0.892 bits per heavy atom.